The Balaban J connectivity index is 1.50. The van der Waals surface area contributed by atoms with Gasteiger partial charge in [0, 0.05) is 43.9 Å². The van der Waals surface area contributed by atoms with E-state index in [0.29, 0.717) is 38.7 Å². The lowest BCUT2D eigenvalue weighted by molar-refractivity contribution is -0.138. The second-order valence-corrected chi connectivity index (χ2v) is 11.4. The number of hydrogen-bond acceptors (Lipinski definition) is 9. The van der Waals surface area contributed by atoms with Gasteiger partial charge in [0.05, 0.1) is 35.1 Å². The van der Waals surface area contributed by atoms with E-state index in [9.17, 15) is 9.59 Å². The number of furan rings is 1. The van der Waals surface area contributed by atoms with Crippen molar-refractivity contribution in [1.29, 1.82) is 0 Å². The van der Waals surface area contributed by atoms with E-state index >= 15 is 0 Å². The van der Waals surface area contributed by atoms with Gasteiger partial charge >= 0.3 is 5.97 Å². The summed E-state index contributed by atoms with van der Waals surface area (Å²) in [6.45, 7) is 8.11. The van der Waals surface area contributed by atoms with Crippen LogP contribution in [0.15, 0.2) is 86.5 Å². The summed E-state index contributed by atoms with van der Waals surface area (Å²) in [4.78, 5) is 37.6. The lowest BCUT2D eigenvalue weighted by atomic mass is 9.93. The van der Waals surface area contributed by atoms with Crippen molar-refractivity contribution in [2.45, 2.75) is 19.9 Å². The molecular formula is C33H34N4O5S. The molecule has 2 aromatic carbocycles. The van der Waals surface area contributed by atoms with Crippen LogP contribution in [0, 0.1) is 0 Å². The van der Waals surface area contributed by atoms with Crippen molar-refractivity contribution in [3.63, 3.8) is 0 Å². The third kappa shape index (κ3) is 5.80. The Bertz CT molecular complexity index is 1810. The molecule has 0 N–H and O–H groups in total. The Morgan fingerprint density at radius 2 is 1.74 bits per heavy atom. The molecular weight excluding hydrogens is 564 g/mol. The van der Waals surface area contributed by atoms with Gasteiger partial charge in [0.25, 0.3) is 5.56 Å². The summed E-state index contributed by atoms with van der Waals surface area (Å²) in [6.07, 6.45) is 1.76. The SMILES string of the molecule is CCOC(=O)C1=C(c2ccccc2)N=c2sc(=Cc3ccc(N4CCN(C)CC4)o3)c(=O)n2C1c1ccc(OCC)cc1. The molecule has 0 aliphatic carbocycles. The molecule has 0 spiro atoms. The summed E-state index contributed by atoms with van der Waals surface area (Å²) in [5.41, 5.74) is 2.06. The molecule has 6 rings (SSSR count). The summed E-state index contributed by atoms with van der Waals surface area (Å²) in [7, 11) is 2.11. The summed E-state index contributed by atoms with van der Waals surface area (Å²) in [5, 5.41) is 0. The summed E-state index contributed by atoms with van der Waals surface area (Å²) < 4.78 is 19.4. The molecule has 1 fully saturated rings. The Hall–Kier alpha value is -4.41. The van der Waals surface area contributed by atoms with Crippen LogP contribution in [-0.2, 0) is 9.53 Å². The molecule has 1 saturated heterocycles. The molecule has 2 aliphatic rings. The van der Waals surface area contributed by atoms with Gasteiger partial charge in [-0.05, 0) is 44.7 Å². The first kappa shape index (κ1) is 28.7. The Kier molecular flexibility index (Phi) is 8.31. The molecule has 0 amide bonds. The molecule has 4 heterocycles. The standard InChI is InChI=1S/C33H34N4O5S/c1-4-40-24-13-11-23(12-14-24)30-28(32(39)41-5-2)29(22-9-7-6-8-10-22)34-33-37(30)31(38)26(43-33)21-25-15-16-27(42-25)36-19-17-35(3)18-20-36/h6-16,21,30H,4-5,17-20H2,1-3H3. The van der Waals surface area contributed by atoms with Crippen molar-refractivity contribution >= 4 is 35.0 Å². The topological polar surface area (TPSA) is 89.5 Å². The van der Waals surface area contributed by atoms with Gasteiger partial charge in [-0.2, -0.15) is 0 Å². The molecule has 1 unspecified atom stereocenters. The highest BCUT2D eigenvalue weighted by Crippen LogP contribution is 2.35. The number of benzene rings is 2. The van der Waals surface area contributed by atoms with Gasteiger partial charge in [-0.25, -0.2) is 9.79 Å². The number of esters is 1. The smallest absolute Gasteiger partial charge is 0.338 e. The lowest BCUT2D eigenvalue weighted by Crippen LogP contribution is -2.44. The van der Waals surface area contributed by atoms with E-state index in [-0.39, 0.29) is 12.2 Å². The van der Waals surface area contributed by atoms with Crippen LogP contribution >= 0.6 is 11.3 Å². The fourth-order valence-corrected chi connectivity index (χ4v) is 6.40. The van der Waals surface area contributed by atoms with Gasteiger partial charge in [0.2, 0.25) is 0 Å². The third-order valence-corrected chi connectivity index (χ3v) is 8.56. The molecule has 2 aromatic heterocycles. The number of anilines is 1. The molecule has 1 atom stereocenters. The minimum absolute atomic E-state index is 0.193. The minimum Gasteiger partial charge on any atom is -0.494 e. The van der Waals surface area contributed by atoms with Crippen molar-refractivity contribution in [2.24, 2.45) is 4.99 Å². The number of piperazine rings is 1. The Labute approximate surface area is 253 Å². The zero-order valence-corrected chi connectivity index (χ0v) is 25.3. The maximum absolute atomic E-state index is 14.1. The molecule has 4 aromatic rings. The van der Waals surface area contributed by atoms with E-state index < -0.39 is 12.0 Å². The molecule has 222 valence electrons. The molecule has 10 heteroatoms. The average molecular weight is 599 g/mol. The first-order chi connectivity index (χ1) is 21.0. The summed E-state index contributed by atoms with van der Waals surface area (Å²) >= 11 is 1.27. The highest BCUT2D eigenvalue weighted by molar-refractivity contribution is 7.07. The van der Waals surface area contributed by atoms with E-state index in [2.05, 4.69) is 16.8 Å². The fourth-order valence-electron chi connectivity index (χ4n) is 5.41. The highest BCUT2D eigenvalue weighted by atomic mass is 32.1. The van der Waals surface area contributed by atoms with Crippen molar-refractivity contribution < 1.29 is 18.7 Å². The molecule has 0 bridgehead atoms. The quantitative estimate of drug-likeness (QED) is 0.286. The summed E-state index contributed by atoms with van der Waals surface area (Å²) in [5.74, 6) is 1.57. The lowest BCUT2D eigenvalue weighted by Gasteiger charge is -2.32. The number of nitrogens with zero attached hydrogens (tertiary/aromatic N) is 4. The minimum atomic E-state index is -0.749. The van der Waals surface area contributed by atoms with Crippen LogP contribution in [0.4, 0.5) is 5.88 Å². The maximum atomic E-state index is 14.1. The predicted octanol–water partition coefficient (Wildman–Crippen LogP) is 3.68. The van der Waals surface area contributed by atoms with Gasteiger partial charge in [-0.15, -0.1) is 0 Å². The second-order valence-electron chi connectivity index (χ2n) is 10.4. The van der Waals surface area contributed by atoms with Crippen LogP contribution in [0.3, 0.4) is 0 Å². The fraction of sp³-hybridized carbons (Fsp3) is 0.303. The van der Waals surface area contributed by atoms with Crippen molar-refractivity contribution in [3.8, 4) is 5.75 Å². The number of rotatable bonds is 8. The third-order valence-electron chi connectivity index (χ3n) is 7.58. The van der Waals surface area contributed by atoms with E-state index in [1.807, 2.05) is 73.7 Å². The number of carbonyl (C=O) groups excluding carboxylic acids is 1. The maximum Gasteiger partial charge on any atom is 0.338 e. The molecule has 43 heavy (non-hydrogen) atoms. The van der Waals surface area contributed by atoms with Crippen LogP contribution in [-0.4, -0.2) is 61.9 Å². The number of fused-ring (bicyclic) bond motifs is 1. The van der Waals surface area contributed by atoms with E-state index in [4.69, 9.17) is 18.9 Å². The zero-order valence-electron chi connectivity index (χ0n) is 24.5. The van der Waals surface area contributed by atoms with Gasteiger partial charge in [0.1, 0.15) is 11.5 Å². The molecule has 9 nitrogen and oxygen atoms in total. The Morgan fingerprint density at radius 1 is 1.00 bits per heavy atom. The van der Waals surface area contributed by atoms with Crippen LogP contribution in [0.5, 0.6) is 5.75 Å². The largest absolute Gasteiger partial charge is 0.494 e. The van der Waals surface area contributed by atoms with Gasteiger partial charge in [-0.3, -0.25) is 9.36 Å². The first-order valence-corrected chi connectivity index (χ1v) is 15.3. The number of thiazole rings is 1. The number of ether oxygens (including phenoxy) is 2. The van der Waals surface area contributed by atoms with Crippen LogP contribution in [0.1, 0.15) is 36.8 Å². The monoisotopic (exact) mass is 598 g/mol. The van der Waals surface area contributed by atoms with Gasteiger partial charge in [0.15, 0.2) is 10.7 Å². The molecule has 2 aliphatic heterocycles. The van der Waals surface area contributed by atoms with Crippen LogP contribution in [0.25, 0.3) is 11.8 Å². The second kappa shape index (κ2) is 12.4. The molecule has 0 saturated carbocycles. The Morgan fingerprint density at radius 3 is 2.44 bits per heavy atom. The predicted molar refractivity (Wildman–Crippen MR) is 167 cm³/mol. The normalized spacial score (nSPS) is 17.5. The zero-order chi connectivity index (χ0) is 29.9. The van der Waals surface area contributed by atoms with E-state index in [1.54, 1.807) is 17.6 Å². The van der Waals surface area contributed by atoms with E-state index in [0.717, 1.165) is 43.2 Å². The number of hydrogen-bond donors (Lipinski definition) is 0. The van der Waals surface area contributed by atoms with Crippen molar-refractivity contribution in [1.82, 2.24) is 9.47 Å². The van der Waals surface area contributed by atoms with Crippen molar-refractivity contribution in [2.75, 3.05) is 51.3 Å². The highest BCUT2D eigenvalue weighted by Gasteiger charge is 2.35. The van der Waals surface area contributed by atoms with Crippen LogP contribution < -0.4 is 24.5 Å². The average Bonchev–Trinajstić information content (AvgIpc) is 3.62. The van der Waals surface area contributed by atoms with Gasteiger partial charge in [-0.1, -0.05) is 53.8 Å². The molecule has 0 radical (unpaired) electrons. The number of aromatic nitrogens is 1. The summed E-state index contributed by atoms with van der Waals surface area (Å²) in [6, 6.07) is 20.1. The number of likely N-dealkylation sites (N-methyl/N-ethyl adjacent to an activating group) is 1. The number of carbonyl (C=O) groups is 1. The van der Waals surface area contributed by atoms with Crippen LogP contribution in [0.2, 0.25) is 0 Å². The van der Waals surface area contributed by atoms with E-state index in [1.165, 1.54) is 11.3 Å². The van der Waals surface area contributed by atoms with Crippen molar-refractivity contribution in [3.05, 3.63) is 109 Å². The first-order valence-electron chi connectivity index (χ1n) is 14.5. The van der Waals surface area contributed by atoms with Gasteiger partial charge < -0.3 is 23.7 Å².